The van der Waals surface area contributed by atoms with E-state index in [4.69, 9.17) is 23.7 Å². The van der Waals surface area contributed by atoms with Gasteiger partial charge in [0.1, 0.15) is 24.3 Å². The van der Waals surface area contributed by atoms with Crippen LogP contribution in [0.2, 0.25) is 0 Å². The minimum atomic E-state index is -1.29. The highest BCUT2D eigenvalue weighted by Crippen LogP contribution is 2.83. The van der Waals surface area contributed by atoms with Crippen LogP contribution in [0.1, 0.15) is 60.3 Å². The van der Waals surface area contributed by atoms with Gasteiger partial charge in [0, 0.05) is 51.9 Å². The summed E-state index contributed by atoms with van der Waals surface area (Å²) in [6.07, 6.45) is 0.601. The molecule has 3 spiro atoms. The van der Waals surface area contributed by atoms with Crippen molar-refractivity contribution in [3.63, 3.8) is 0 Å². The molecule has 220 valence electrons. The zero-order valence-electron chi connectivity index (χ0n) is 24.3. The van der Waals surface area contributed by atoms with E-state index in [-0.39, 0.29) is 54.0 Å². The quantitative estimate of drug-likeness (QED) is 0.494. The Morgan fingerprint density at radius 1 is 1.08 bits per heavy atom. The predicted molar refractivity (Wildman–Crippen MR) is 137 cm³/mol. The van der Waals surface area contributed by atoms with E-state index >= 15 is 0 Å². The maximum Gasteiger partial charge on any atom is 0.303 e. The zero-order valence-corrected chi connectivity index (χ0v) is 24.3. The average molecular weight is 552 g/mol. The van der Waals surface area contributed by atoms with Gasteiger partial charge in [-0.25, -0.2) is 0 Å². The van der Waals surface area contributed by atoms with Crippen LogP contribution in [-0.4, -0.2) is 108 Å². The Bertz CT molecular complexity index is 1050. The molecule has 5 saturated carbocycles. The molecule has 0 aromatic heterocycles. The lowest BCUT2D eigenvalue weighted by Crippen LogP contribution is -2.85. The number of ketones is 1. The van der Waals surface area contributed by atoms with Gasteiger partial charge in [0.25, 0.3) is 0 Å². The Morgan fingerprint density at radius 2 is 1.77 bits per heavy atom. The number of aliphatic hydroxyl groups excluding tert-OH is 1. The number of likely N-dealkylation sites (tertiary alicyclic amines) is 1. The van der Waals surface area contributed by atoms with Crippen molar-refractivity contribution in [3.8, 4) is 0 Å². The molecule has 39 heavy (non-hydrogen) atoms. The molecule has 13 atom stereocenters. The summed E-state index contributed by atoms with van der Waals surface area (Å²) in [5, 5.41) is 25.0. The van der Waals surface area contributed by atoms with Crippen molar-refractivity contribution in [2.75, 3.05) is 34.1 Å². The summed E-state index contributed by atoms with van der Waals surface area (Å²) in [5.74, 6) is -1.17. The van der Waals surface area contributed by atoms with E-state index in [0.717, 1.165) is 25.9 Å². The highest BCUT2D eigenvalue weighted by Gasteiger charge is 2.97. The van der Waals surface area contributed by atoms with E-state index in [1.165, 1.54) is 20.8 Å². The highest BCUT2D eigenvalue weighted by atomic mass is 16.7. The van der Waals surface area contributed by atoms with Crippen molar-refractivity contribution in [2.24, 2.45) is 28.6 Å². The minimum Gasteiger partial charge on any atom is -0.459 e. The zero-order chi connectivity index (χ0) is 28.3. The molecule has 0 aromatic carbocycles. The summed E-state index contributed by atoms with van der Waals surface area (Å²) >= 11 is 0. The highest BCUT2D eigenvalue weighted by molar-refractivity contribution is 5.72. The molecule has 5 aliphatic carbocycles. The summed E-state index contributed by atoms with van der Waals surface area (Å²) in [6.45, 7) is 10.6. The number of piperidine rings is 1. The molecule has 2 N–H and O–H groups in total. The minimum absolute atomic E-state index is 0.0311. The summed E-state index contributed by atoms with van der Waals surface area (Å²) in [4.78, 5) is 24.6. The van der Waals surface area contributed by atoms with Crippen LogP contribution in [0.3, 0.4) is 0 Å². The number of carbonyl (C=O) groups is 2. The van der Waals surface area contributed by atoms with Crippen LogP contribution in [0.5, 0.6) is 0 Å². The molecule has 2 aliphatic heterocycles. The van der Waals surface area contributed by atoms with Gasteiger partial charge >= 0.3 is 5.97 Å². The molecule has 0 aromatic rings. The SMILES string of the molecule is CC(C)=O.CCN1CC2(C)CCC(OC)C34C2C(OC(C)=O)C2(OCOC25CC(OC)C2CC3(O)C5C2O)C14. The van der Waals surface area contributed by atoms with Gasteiger partial charge in [0.15, 0.2) is 5.60 Å². The standard InChI is InChI=1S/C26H39NO8.C3H6O/c1-6-27-11-22(3)8-7-16(32-5)25-19(22)20(35-13(2)28)26(21(25)27)24(33-12-34-26)10-15(31-4)14-9-23(25,30)18(24)17(14)29;1-3(2)4/h14-21,29-30H,6-12H2,1-5H3;1-2H3. The smallest absolute Gasteiger partial charge is 0.303 e. The molecule has 0 amide bonds. The van der Waals surface area contributed by atoms with Crippen LogP contribution in [0, 0.1) is 28.6 Å². The Balaban J connectivity index is 0.000000650. The van der Waals surface area contributed by atoms with Crippen LogP contribution in [0.25, 0.3) is 0 Å². The fraction of sp³-hybridized carbons (Fsp3) is 0.931. The third-order valence-electron chi connectivity index (χ3n) is 11.9. The fourth-order valence-corrected chi connectivity index (χ4v) is 11.5. The van der Waals surface area contributed by atoms with E-state index < -0.39 is 40.3 Å². The van der Waals surface area contributed by atoms with Crippen LogP contribution < -0.4 is 0 Å². The molecule has 7 bridgehead atoms. The number of esters is 1. The van der Waals surface area contributed by atoms with Crippen LogP contribution >= 0.6 is 0 Å². The van der Waals surface area contributed by atoms with E-state index in [9.17, 15) is 19.8 Å². The van der Waals surface area contributed by atoms with E-state index in [1.54, 1.807) is 14.2 Å². The van der Waals surface area contributed by atoms with Gasteiger partial charge < -0.3 is 38.7 Å². The molecule has 13 unspecified atom stereocenters. The van der Waals surface area contributed by atoms with Gasteiger partial charge in [-0.1, -0.05) is 13.8 Å². The molecule has 10 heteroatoms. The van der Waals surface area contributed by atoms with Crippen LogP contribution in [0.4, 0.5) is 0 Å². The maximum absolute atomic E-state index is 13.2. The lowest BCUT2D eigenvalue weighted by atomic mass is 9.41. The number of ether oxygens (including phenoxy) is 5. The Labute approximate surface area is 230 Å². The van der Waals surface area contributed by atoms with Gasteiger partial charge in [0.05, 0.1) is 35.4 Å². The summed E-state index contributed by atoms with van der Waals surface area (Å²) in [6, 6.07) is -0.280. The van der Waals surface area contributed by atoms with Crippen molar-refractivity contribution in [2.45, 2.75) is 108 Å². The molecule has 7 fully saturated rings. The third kappa shape index (κ3) is 2.92. The van der Waals surface area contributed by atoms with Gasteiger partial charge in [-0.3, -0.25) is 9.69 Å². The second kappa shape index (κ2) is 8.69. The molecule has 7 rings (SSSR count). The molecule has 2 saturated heterocycles. The molecular formula is C29H45NO9. The normalized spacial score (nSPS) is 55.9. The van der Waals surface area contributed by atoms with Crippen molar-refractivity contribution >= 4 is 11.8 Å². The number of Topliss-reactive ketones (excluding diaryl/α,β-unsaturated/α-hetero) is 1. The summed E-state index contributed by atoms with van der Waals surface area (Å²) in [7, 11) is 3.39. The number of hydrogen-bond donors (Lipinski definition) is 2. The van der Waals surface area contributed by atoms with Gasteiger partial charge in [-0.05, 0) is 45.1 Å². The lowest BCUT2D eigenvalue weighted by molar-refractivity contribution is -0.331. The Hall–Kier alpha value is -1.14. The molecule has 10 nitrogen and oxygen atoms in total. The molecule has 0 radical (unpaired) electrons. The number of fused-ring (bicyclic) bond motifs is 1. The van der Waals surface area contributed by atoms with Crippen molar-refractivity contribution in [3.05, 3.63) is 0 Å². The lowest BCUT2D eigenvalue weighted by Gasteiger charge is -2.71. The number of nitrogens with zero attached hydrogens (tertiary/aromatic N) is 1. The van der Waals surface area contributed by atoms with Gasteiger partial charge in [-0.2, -0.15) is 0 Å². The average Bonchev–Trinajstić information content (AvgIpc) is 3.38. The topological polar surface area (TPSA) is 124 Å². The van der Waals surface area contributed by atoms with Crippen molar-refractivity contribution in [1.29, 1.82) is 0 Å². The third-order valence-corrected chi connectivity index (χ3v) is 11.9. The number of methoxy groups -OCH3 is 2. The van der Waals surface area contributed by atoms with E-state index in [1.807, 2.05) is 0 Å². The van der Waals surface area contributed by atoms with Crippen molar-refractivity contribution < 1.29 is 43.5 Å². The molecule has 2 heterocycles. The second-order valence-corrected chi connectivity index (χ2v) is 13.6. The first-order chi connectivity index (χ1) is 18.4. The Morgan fingerprint density at radius 3 is 2.36 bits per heavy atom. The van der Waals surface area contributed by atoms with E-state index in [2.05, 4.69) is 18.7 Å². The number of hydrogen-bond acceptors (Lipinski definition) is 10. The maximum atomic E-state index is 13.2. The first kappa shape index (κ1) is 28.0. The largest absolute Gasteiger partial charge is 0.459 e. The number of likely N-dealkylation sites (N-methyl/N-ethyl adjacent to an activating group) is 1. The monoisotopic (exact) mass is 551 g/mol. The van der Waals surface area contributed by atoms with Crippen LogP contribution in [-0.2, 0) is 33.3 Å². The fourth-order valence-electron chi connectivity index (χ4n) is 11.5. The molecule has 7 aliphatic rings. The molecular weight excluding hydrogens is 506 g/mol. The summed E-state index contributed by atoms with van der Waals surface area (Å²) in [5.41, 5.74) is -4.39. The van der Waals surface area contributed by atoms with Gasteiger partial charge in [-0.15, -0.1) is 0 Å². The second-order valence-electron chi connectivity index (χ2n) is 13.6. The first-order valence-electron chi connectivity index (χ1n) is 14.5. The van der Waals surface area contributed by atoms with E-state index in [0.29, 0.717) is 12.8 Å². The number of carbonyl (C=O) groups excluding carboxylic acids is 2. The summed E-state index contributed by atoms with van der Waals surface area (Å²) < 4.78 is 31.9. The predicted octanol–water partition coefficient (Wildman–Crippen LogP) is 1.29. The van der Waals surface area contributed by atoms with Crippen LogP contribution in [0.15, 0.2) is 0 Å². The first-order valence-corrected chi connectivity index (χ1v) is 14.5. The number of aliphatic hydroxyl groups is 2. The van der Waals surface area contributed by atoms with Crippen molar-refractivity contribution in [1.82, 2.24) is 4.90 Å². The number of rotatable bonds is 4. The Kier molecular flexibility index (Phi) is 6.24. The van der Waals surface area contributed by atoms with Gasteiger partial charge in [0.2, 0.25) is 0 Å².